The van der Waals surface area contributed by atoms with Gasteiger partial charge in [-0.05, 0) is 16.6 Å². The Labute approximate surface area is 130 Å². The van der Waals surface area contributed by atoms with E-state index >= 15 is 0 Å². The van der Waals surface area contributed by atoms with Crippen LogP contribution in [0.15, 0.2) is 48.5 Å². The lowest BCUT2D eigenvalue weighted by atomic mass is 9.71. The average molecular weight is 303 g/mol. The molecule has 1 unspecified atom stereocenters. The molecule has 6 heteroatoms. The van der Waals surface area contributed by atoms with Crippen molar-refractivity contribution < 1.29 is 9.68 Å². The summed E-state index contributed by atoms with van der Waals surface area (Å²) in [5, 5.41) is 17.4. The minimum absolute atomic E-state index is 0. The molecule has 2 aromatic rings. The molecule has 0 fully saturated rings. The zero-order valence-corrected chi connectivity index (χ0v) is 12.1. The van der Waals surface area contributed by atoms with Crippen molar-refractivity contribution in [3.63, 3.8) is 0 Å². The van der Waals surface area contributed by atoms with E-state index in [1.807, 2.05) is 36.4 Å². The lowest BCUT2D eigenvalue weighted by Gasteiger charge is -2.27. The summed E-state index contributed by atoms with van der Waals surface area (Å²) in [5.41, 5.74) is 9.04. The third-order valence-corrected chi connectivity index (χ3v) is 3.61. The van der Waals surface area contributed by atoms with Crippen molar-refractivity contribution in [2.24, 2.45) is 5.73 Å². The summed E-state index contributed by atoms with van der Waals surface area (Å²) in [4.78, 5) is 0. The molecule has 0 spiro atoms. The second-order valence-electron chi connectivity index (χ2n) is 4.92. The number of halogens is 1. The SMILES string of the molecule is Cl.N=C(N)c1ccc(C2Cc3ccccc3B(O)O2)cc1. The highest BCUT2D eigenvalue weighted by Gasteiger charge is 2.31. The fraction of sp³-hybridized carbons (Fsp3) is 0.133. The Kier molecular flexibility index (Phi) is 4.68. The number of fused-ring (bicyclic) bond motifs is 1. The van der Waals surface area contributed by atoms with Gasteiger partial charge in [-0.25, -0.2) is 0 Å². The summed E-state index contributed by atoms with van der Waals surface area (Å²) in [6.07, 6.45) is 0.549. The Bertz CT molecular complexity index is 648. The number of hydrogen-bond donors (Lipinski definition) is 3. The normalized spacial score (nSPS) is 16.8. The van der Waals surface area contributed by atoms with Crippen molar-refractivity contribution in [1.29, 1.82) is 5.41 Å². The minimum atomic E-state index is -0.891. The molecule has 0 aromatic heterocycles. The molecule has 0 radical (unpaired) electrons. The summed E-state index contributed by atoms with van der Waals surface area (Å²) in [7, 11) is -0.891. The van der Waals surface area contributed by atoms with Gasteiger partial charge in [0.25, 0.3) is 0 Å². The molecule has 0 saturated carbocycles. The maximum atomic E-state index is 10.1. The van der Waals surface area contributed by atoms with Crippen LogP contribution in [0.1, 0.15) is 22.8 Å². The maximum Gasteiger partial charge on any atom is 0.491 e. The number of hydrogen-bond acceptors (Lipinski definition) is 3. The van der Waals surface area contributed by atoms with Crippen LogP contribution in [0.5, 0.6) is 0 Å². The molecule has 1 aliphatic heterocycles. The first-order valence-electron chi connectivity index (χ1n) is 6.51. The number of rotatable bonds is 2. The molecule has 1 heterocycles. The van der Waals surface area contributed by atoms with Crippen LogP contribution in [0.3, 0.4) is 0 Å². The Morgan fingerprint density at radius 2 is 1.86 bits per heavy atom. The standard InChI is InChI=1S/C15H15BN2O2.ClH/c17-15(18)11-7-5-10(6-8-11)14-9-12-3-1-2-4-13(12)16(19)20-14;/h1-8,14,19H,9H2,(H3,17,18);1H. The largest absolute Gasteiger partial charge is 0.491 e. The molecule has 4 nitrogen and oxygen atoms in total. The Balaban J connectivity index is 0.00000161. The number of amidine groups is 1. The van der Waals surface area contributed by atoms with Crippen molar-refractivity contribution in [1.82, 2.24) is 0 Å². The summed E-state index contributed by atoms with van der Waals surface area (Å²) >= 11 is 0. The zero-order chi connectivity index (χ0) is 14.1. The van der Waals surface area contributed by atoms with Crippen LogP contribution in [-0.4, -0.2) is 18.0 Å². The first-order chi connectivity index (χ1) is 9.65. The number of nitrogens with one attached hydrogen (secondary N) is 1. The monoisotopic (exact) mass is 302 g/mol. The quantitative estimate of drug-likeness (QED) is 0.446. The minimum Gasteiger partial charge on any atom is -0.423 e. The molecule has 0 saturated heterocycles. The molecule has 0 aliphatic carbocycles. The highest BCUT2D eigenvalue weighted by molar-refractivity contribution is 6.60. The van der Waals surface area contributed by atoms with E-state index in [4.69, 9.17) is 15.8 Å². The molecule has 1 aliphatic rings. The molecule has 108 valence electrons. The number of nitrogen functional groups attached to an aromatic ring is 1. The van der Waals surface area contributed by atoms with Crippen molar-refractivity contribution in [2.75, 3.05) is 0 Å². The zero-order valence-electron chi connectivity index (χ0n) is 11.3. The van der Waals surface area contributed by atoms with E-state index < -0.39 is 7.12 Å². The van der Waals surface area contributed by atoms with Crippen molar-refractivity contribution in [3.8, 4) is 0 Å². The maximum absolute atomic E-state index is 10.1. The van der Waals surface area contributed by atoms with Crippen molar-refractivity contribution in [3.05, 3.63) is 65.2 Å². The molecule has 0 amide bonds. The van der Waals surface area contributed by atoms with E-state index in [0.717, 1.165) is 23.0 Å². The Morgan fingerprint density at radius 3 is 2.52 bits per heavy atom. The first kappa shape index (κ1) is 15.6. The van der Waals surface area contributed by atoms with E-state index in [2.05, 4.69) is 0 Å². The van der Waals surface area contributed by atoms with Crippen LogP contribution in [0.25, 0.3) is 0 Å². The summed E-state index contributed by atoms with van der Waals surface area (Å²) in [5.74, 6) is 0.0477. The lowest BCUT2D eigenvalue weighted by Crippen LogP contribution is -2.42. The fourth-order valence-corrected chi connectivity index (χ4v) is 2.51. The van der Waals surface area contributed by atoms with Gasteiger partial charge in [-0.1, -0.05) is 48.5 Å². The molecule has 3 rings (SSSR count). The van der Waals surface area contributed by atoms with Crippen molar-refractivity contribution in [2.45, 2.75) is 12.5 Å². The van der Waals surface area contributed by atoms with Crippen LogP contribution in [0.4, 0.5) is 0 Å². The average Bonchev–Trinajstić information content (AvgIpc) is 2.47. The molecule has 0 bridgehead atoms. The summed E-state index contributed by atoms with van der Waals surface area (Å²) in [6, 6.07) is 15.1. The van der Waals surface area contributed by atoms with Gasteiger partial charge in [-0.3, -0.25) is 5.41 Å². The van der Waals surface area contributed by atoms with E-state index in [-0.39, 0.29) is 24.3 Å². The molecule has 2 aromatic carbocycles. The van der Waals surface area contributed by atoms with Gasteiger partial charge < -0.3 is 15.4 Å². The van der Waals surface area contributed by atoms with Crippen molar-refractivity contribution >= 4 is 30.8 Å². The van der Waals surface area contributed by atoms with E-state index in [0.29, 0.717) is 5.56 Å². The van der Waals surface area contributed by atoms with Crippen LogP contribution >= 0.6 is 12.4 Å². The van der Waals surface area contributed by atoms with Gasteiger partial charge >= 0.3 is 7.12 Å². The van der Waals surface area contributed by atoms with Crippen LogP contribution in [0, 0.1) is 5.41 Å². The first-order valence-corrected chi connectivity index (χ1v) is 6.51. The van der Waals surface area contributed by atoms with E-state index in [1.54, 1.807) is 12.1 Å². The highest BCUT2D eigenvalue weighted by Crippen LogP contribution is 2.26. The van der Waals surface area contributed by atoms with E-state index in [1.165, 1.54) is 0 Å². The molecular formula is C15H16BClN2O2. The smallest absolute Gasteiger partial charge is 0.423 e. The summed E-state index contributed by atoms with van der Waals surface area (Å²) in [6.45, 7) is 0. The third kappa shape index (κ3) is 3.10. The van der Waals surface area contributed by atoms with Crippen LogP contribution in [-0.2, 0) is 11.1 Å². The number of benzene rings is 2. The molecule has 4 N–H and O–H groups in total. The van der Waals surface area contributed by atoms with Crippen LogP contribution in [0.2, 0.25) is 0 Å². The van der Waals surface area contributed by atoms with Gasteiger partial charge in [0.15, 0.2) is 0 Å². The second-order valence-corrected chi connectivity index (χ2v) is 4.92. The lowest BCUT2D eigenvalue weighted by molar-refractivity contribution is 0.168. The third-order valence-electron chi connectivity index (χ3n) is 3.61. The van der Waals surface area contributed by atoms with Gasteiger partial charge in [-0.15, -0.1) is 12.4 Å². The van der Waals surface area contributed by atoms with Gasteiger partial charge in [-0.2, -0.15) is 0 Å². The Hall–Kier alpha value is -1.82. The van der Waals surface area contributed by atoms with Gasteiger partial charge in [0, 0.05) is 12.0 Å². The number of nitrogens with two attached hydrogens (primary N) is 1. The Morgan fingerprint density at radius 1 is 1.19 bits per heavy atom. The summed E-state index contributed by atoms with van der Waals surface area (Å²) < 4.78 is 5.67. The molecule has 1 atom stereocenters. The predicted molar refractivity (Wildman–Crippen MR) is 86.3 cm³/mol. The molecular weight excluding hydrogens is 286 g/mol. The molecule has 21 heavy (non-hydrogen) atoms. The highest BCUT2D eigenvalue weighted by atomic mass is 35.5. The van der Waals surface area contributed by atoms with Gasteiger partial charge in [0.1, 0.15) is 5.84 Å². The predicted octanol–water partition coefficient (Wildman–Crippen LogP) is 1.39. The van der Waals surface area contributed by atoms with E-state index in [9.17, 15) is 5.02 Å². The topological polar surface area (TPSA) is 79.3 Å². The van der Waals surface area contributed by atoms with Crippen LogP contribution < -0.4 is 11.2 Å². The fourth-order valence-electron chi connectivity index (χ4n) is 2.51. The second kappa shape index (κ2) is 6.31. The van der Waals surface area contributed by atoms with Gasteiger partial charge in [0.05, 0.1) is 6.10 Å². The van der Waals surface area contributed by atoms with Gasteiger partial charge in [0.2, 0.25) is 0 Å².